The molecule has 0 saturated heterocycles. The van der Waals surface area contributed by atoms with Crippen LogP contribution in [-0.2, 0) is 16.5 Å². The van der Waals surface area contributed by atoms with Gasteiger partial charge in [0.2, 0.25) is 0 Å². The second kappa shape index (κ2) is 3.36. The van der Waals surface area contributed by atoms with Crippen molar-refractivity contribution < 1.29 is 26.7 Å². The molecule has 9 heavy (non-hydrogen) atoms. The van der Waals surface area contributed by atoms with Crippen molar-refractivity contribution in [3.8, 4) is 11.5 Å². The van der Waals surface area contributed by atoms with Crippen molar-refractivity contribution in [2.75, 3.05) is 0 Å². The van der Waals surface area contributed by atoms with Crippen LogP contribution in [0, 0.1) is 0 Å². The molecule has 0 aliphatic heterocycles. The summed E-state index contributed by atoms with van der Waals surface area (Å²) in [6, 6.07) is 5.85. The number of phenols is 2. The molecule has 0 amide bonds. The second-order valence-corrected chi connectivity index (χ2v) is 1.52. The van der Waals surface area contributed by atoms with E-state index in [1.807, 2.05) is 0 Å². The Morgan fingerprint density at radius 3 is 1.67 bits per heavy atom. The zero-order chi connectivity index (χ0) is 5.98. The van der Waals surface area contributed by atoms with E-state index in [1.54, 1.807) is 6.07 Å². The average Bonchev–Trinajstić information content (AvgIpc) is 1.64. The van der Waals surface area contributed by atoms with Gasteiger partial charge in [-0.25, -0.2) is 0 Å². The molecule has 2 N–H and O–H groups in total. The zero-order valence-electron chi connectivity index (χ0n) is 4.52. The molecule has 52 valence electrons. The van der Waals surface area contributed by atoms with Crippen LogP contribution in [-0.4, -0.2) is 10.2 Å². The van der Waals surface area contributed by atoms with Gasteiger partial charge in [-0.1, -0.05) is 6.07 Å². The van der Waals surface area contributed by atoms with Gasteiger partial charge in [-0.05, 0) is 12.1 Å². The quantitative estimate of drug-likeness (QED) is 0.570. The van der Waals surface area contributed by atoms with E-state index in [4.69, 9.17) is 10.2 Å². The first-order chi connectivity index (χ1) is 3.79. The van der Waals surface area contributed by atoms with Crippen LogP contribution < -0.4 is 0 Å². The molecule has 0 aromatic heterocycles. The summed E-state index contributed by atoms with van der Waals surface area (Å²) in [5.41, 5.74) is 0. The van der Waals surface area contributed by atoms with Crippen molar-refractivity contribution in [3.63, 3.8) is 0 Å². The van der Waals surface area contributed by atoms with Gasteiger partial charge in [-0.15, -0.1) is 0 Å². The molecule has 0 radical (unpaired) electrons. The van der Waals surface area contributed by atoms with E-state index in [1.165, 1.54) is 18.2 Å². The molecule has 1 rings (SSSR count). The fourth-order valence-electron chi connectivity index (χ4n) is 0.493. The van der Waals surface area contributed by atoms with E-state index in [9.17, 15) is 0 Å². The molecule has 0 bridgehead atoms. The predicted molar refractivity (Wildman–Crippen MR) is 29.8 cm³/mol. The van der Waals surface area contributed by atoms with E-state index < -0.39 is 0 Å². The van der Waals surface area contributed by atoms with Crippen molar-refractivity contribution >= 4 is 0 Å². The normalized spacial score (nSPS) is 8.00. The van der Waals surface area contributed by atoms with Crippen molar-refractivity contribution in [2.45, 2.75) is 0 Å². The molecule has 0 unspecified atom stereocenters. The van der Waals surface area contributed by atoms with Gasteiger partial charge < -0.3 is 10.2 Å². The SMILES string of the molecule is Oc1cccc(O)c1.[Ni]. The number of benzene rings is 1. The standard InChI is InChI=1S/C6H6O2.Ni/c7-5-2-1-3-6(8)4-5;/h1-4,7-8H;. The van der Waals surface area contributed by atoms with Crippen LogP contribution in [0.25, 0.3) is 0 Å². The largest absolute Gasteiger partial charge is 0.508 e. The number of hydrogen-bond acceptors (Lipinski definition) is 2. The summed E-state index contributed by atoms with van der Waals surface area (Å²) in [5.74, 6) is 0.176. The summed E-state index contributed by atoms with van der Waals surface area (Å²) < 4.78 is 0. The molecule has 2 nitrogen and oxygen atoms in total. The summed E-state index contributed by atoms with van der Waals surface area (Å²) in [6.07, 6.45) is 0. The number of rotatable bonds is 0. The average molecular weight is 169 g/mol. The maximum absolute atomic E-state index is 8.65. The van der Waals surface area contributed by atoms with Gasteiger partial charge in [-0.2, -0.15) is 0 Å². The molecule has 0 spiro atoms. The summed E-state index contributed by atoms with van der Waals surface area (Å²) in [5, 5.41) is 17.3. The van der Waals surface area contributed by atoms with Crippen molar-refractivity contribution in [1.29, 1.82) is 0 Å². The van der Waals surface area contributed by atoms with Crippen LogP contribution in [0.15, 0.2) is 24.3 Å². The van der Waals surface area contributed by atoms with Gasteiger partial charge in [-0.3, -0.25) is 0 Å². The minimum atomic E-state index is 0. The predicted octanol–water partition coefficient (Wildman–Crippen LogP) is 1.10. The van der Waals surface area contributed by atoms with Gasteiger partial charge in [0.25, 0.3) is 0 Å². The van der Waals surface area contributed by atoms with E-state index in [0.29, 0.717) is 0 Å². The maximum Gasteiger partial charge on any atom is 0.119 e. The van der Waals surface area contributed by atoms with Gasteiger partial charge >= 0.3 is 0 Å². The number of hydrogen-bond donors (Lipinski definition) is 2. The molecule has 1 aromatic rings. The van der Waals surface area contributed by atoms with Gasteiger partial charge in [0.1, 0.15) is 11.5 Å². The van der Waals surface area contributed by atoms with E-state index in [-0.39, 0.29) is 28.0 Å². The zero-order valence-corrected chi connectivity index (χ0v) is 5.51. The fourth-order valence-corrected chi connectivity index (χ4v) is 0.493. The van der Waals surface area contributed by atoms with Crippen molar-refractivity contribution in [1.82, 2.24) is 0 Å². The molecule has 1 aromatic carbocycles. The first-order valence-electron chi connectivity index (χ1n) is 2.27. The Morgan fingerprint density at radius 1 is 1.00 bits per heavy atom. The van der Waals surface area contributed by atoms with Gasteiger partial charge in [0.05, 0.1) is 0 Å². The smallest absolute Gasteiger partial charge is 0.119 e. The van der Waals surface area contributed by atoms with Crippen LogP contribution in [0.3, 0.4) is 0 Å². The fraction of sp³-hybridized carbons (Fsp3) is 0. The van der Waals surface area contributed by atoms with Gasteiger partial charge in [0.15, 0.2) is 0 Å². The topological polar surface area (TPSA) is 40.5 Å². The van der Waals surface area contributed by atoms with Crippen LogP contribution in [0.1, 0.15) is 0 Å². The molecule has 0 heterocycles. The number of aromatic hydroxyl groups is 2. The van der Waals surface area contributed by atoms with Crippen LogP contribution in [0.4, 0.5) is 0 Å². The van der Waals surface area contributed by atoms with Crippen LogP contribution in [0.2, 0.25) is 0 Å². The molecular weight excluding hydrogens is 163 g/mol. The van der Waals surface area contributed by atoms with E-state index >= 15 is 0 Å². The Morgan fingerprint density at radius 2 is 1.44 bits per heavy atom. The third-order valence-electron chi connectivity index (χ3n) is 0.830. The summed E-state index contributed by atoms with van der Waals surface area (Å²) >= 11 is 0. The minimum Gasteiger partial charge on any atom is -0.508 e. The Balaban J connectivity index is 0.000000640. The Hall–Kier alpha value is -0.686. The van der Waals surface area contributed by atoms with E-state index in [2.05, 4.69) is 0 Å². The molecule has 0 fully saturated rings. The number of phenolic OH excluding ortho intramolecular Hbond substituents is 2. The van der Waals surface area contributed by atoms with Crippen LogP contribution in [0.5, 0.6) is 11.5 Å². The first kappa shape index (κ1) is 8.31. The molecular formula is C6H6NiO2. The third kappa shape index (κ3) is 2.38. The molecule has 3 heteroatoms. The summed E-state index contributed by atoms with van der Waals surface area (Å²) in [7, 11) is 0. The molecule has 0 atom stereocenters. The maximum atomic E-state index is 8.65. The van der Waals surface area contributed by atoms with Gasteiger partial charge in [0, 0.05) is 22.6 Å². The van der Waals surface area contributed by atoms with Crippen molar-refractivity contribution in [3.05, 3.63) is 24.3 Å². The van der Waals surface area contributed by atoms with Crippen molar-refractivity contribution in [2.24, 2.45) is 0 Å². The summed E-state index contributed by atoms with van der Waals surface area (Å²) in [4.78, 5) is 0. The molecule has 0 saturated carbocycles. The Labute approximate surface area is 63.1 Å². The monoisotopic (exact) mass is 168 g/mol. The third-order valence-corrected chi connectivity index (χ3v) is 0.830. The second-order valence-electron chi connectivity index (χ2n) is 1.52. The summed E-state index contributed by atoms with van der Waals surface area (Å²) in [6.45, 7) is 0. The molecule has 0 aliphatic rings. The first-order valence-corrected chi connectivity index (χ1v) is 2.27. The van der Waals surface area contributed by atoms with Crippen LogP contribution >= 0.6 is 0 Å². The van der Waals surface area contributed by atoms with E-state index in [0.717, 1.165) is 0 Å². The Bertz CT molecular complexity index is 171. The minimum absolute atomic E-state index is 0. The Kier molecular flexibility index (Phi) is 3.10. The molecule has 0 aliphatic carbocycles.